The number of hydrogen-bond acceptors (Lipinski definition) is 1. The molecule has 0 aliphatic heterocycles. The van der Waals surface area contributed by atoms with Gasteiger partial charge in [0.05, 0.1) is 5.56 Å². The van der Waals surface area contributed by atoms with Crippen molar-refractivity contribution in [2.24, 2.45) is 7.05 Å². The molecule has 0 aliphatic rings. The average molecular weight is 317 g/mol. The van der Waals surface area contributed by atoms with Crippen molar-refractivity contribution in [3.05, 3.63) is 31.2 Å². The van der Waals surface area contributed by atoms with E-state index >= 15 is 0 Å². The van der Waals surface area contributed by atoms with Crippen LogP contribution in [-0.2, 0) is 13.2 Å². The zero-order valence-electron chi connectivity index (χ0n) is 7.44. The van der Waals surface area contributed by atoms with E-state index in [9.17, 15) is 18.0 Å². The summed E-state index contributed by atoms with van der Waals surface area (Å²) in [7, 11) is 1.44. The zero-order chi connectivity index (χ0) is 11.1. The van der Waals surface area contributed by atoms with Gasteiger partial charge >= 0.3 is 6.18 Å². The molecule has 0 saturated heterocycles. The molecule has 1 heterocycles. The fraction of sp³-hybridized carbons (Fsp3) is 0.375. The summed E-state index contributed by atoms with van der Waals surface area (Å²) >= 11 is 1.59. The van der Waals surface area contributed by atoms with E-state index in [1.165, 1.54) is 18.5 Å². The number of pyridine rings is 1. The number of alkyl halides is 3. The Hall–Kier alpha value is -0.530. The molecule has 2 nitrogen and oxygen atoms in total. The van der Waals surface area contributed by atoms with Crippen LogP contribution in [-0.4, -0.2) is 4.57 Å². The van der Waals surface area contributed by atoms with Crippen molar-refractivity contribution in [2.45, 2.75) is 13.1 Å². The predicted molar refractivity (Wildman–Crippen MR) is 54.1 cm³/mol. The van der Waals surface area contributed by atoms with Gasteiger partial charge in [-0.15, -0.1) is 0 Å². The number of hydrogen-bond donors (Lipinski definition) is 0. The van der Waals surface area contributed by atoms with Crippen molar-refractivity contribution < 1.29 is 13.2 Å². The third-order valence-electron chi connectivity index (χ3n) is 1.96. The van der Waals surface area contributed by atoms with Gasteiger partial charge in [0.25, 0.3) is 5.56 Å². The first-order chi connectivity index (χ1) is 6.25. The molecule has 0 spiro atoms. The molecule has 6 heteroatoms. The second kappa shape index (κ2) is 3.56. The SMILES string of the molecule is Cc1c(I)c(C(F)(F)F)cc(=O)n1C. The van der Waals surface area contributed by atoms with E-state index in [0.717, 1.165) is 0 Å². The van der Waals surface area contributed by atoms with Crippen molar-refractivity contribution in [2.75, 3.05) is 0 Å². The Balaban J connectivity index is 3.57. The average Bonchev–Trinajstić information content (AvgIpc) is 2.06. The minimum Gasteiger partial charge on any atom is -0.315 e. The molecule has 0 N–H and O–H groups in total. The summed E-state index contributed by atoms with van der Waals surface area (Å²) < 4.78 is 38.4. The predicted octanol–water partition coefficient (Wildman–Crippen LogP) is 2.32. The molecule has 0 saturated carbocycles. The molecule has 0 bridgehead atoms. The molecule has 0 aliphatic carbocycles. The lowest BCUT2D eigenvalue weighted by Crippen LogP contribution is -2.23. The molecule has 14 heavy (non-hydrogen) atoms. The summed E-state index contributed by atoms with van der Waals surface area (Å²) in [5.41, 5.74) is -1.18. The summed E-state index contributed by atoms with van der Waals surface area (Å²) in [6.45, 7) is 1.48. The van der Waals surface area contributed by atoms with Crippen LogP contribution >= 0.6 is 22.6 Å². The van der Waals surface area contributed by atoms with Crippen LogP contribution in [0.5, 0.6) is 0 Å². The van der Waals surface area contributed by atoms with E-state index in [1.807, 2.05) is 0 Å². The van der Waals surface area contributed by atoms with Crippen LogP contribution in [0.1, 0.15) is 11.3 Å². The minimum atomic E-state index is -4.46. The highest BCUT2D eigenvalue weighted by Crippen LogP contribution is 2.32. The second-order valence-electron chi connectivity index (χ2n) is 2.85. The van der Waals surface area contributed by atoms with Crippen molar-refractivity contribution >= 4 is 22.6 Å². The third kappa shape index (κ3) is 1.94. The molecule has 0 radical (unpaired) electrons. The van der Waals surface area contributed by atoms with Gasteiger partial charge in [-0.2, -0.15) is 13.2 Å². The van der Waals surface area contributed by atoms with Gasteiger partial charge in [0.15, 0.2) is 0 Å². The second-order valence-corrected chi connectivity index (χ2v) is 3.93. The molecular formula is C8H7F3INO. The van der Waals surface area contributed by atoms with Gasteiger partial charge in [-0.3, -0.25) is 4.79 Å². The molecule has 0 aromatic carbocycles. The van der Waals surface area contributed by atoms with Crippen LogP contribution in [0.2, 0.25) is 0 Å². The van der Waals surface area contributed by atoms with E-state index in [2.05, 4.69) is 0 Å². The van der Waals surface area contributed by atoms with Gasteiger partial charge in [-0.05, 0) is 29.5 Å². The van der Waals surface area contributed by atoms with Gasteiger partial charge in [-0.25, -0.2) is 0 Å². The van der Waals surface area contributed by atoms with Crippen LogP contribution in [0.25, 0.3) is 0 Å². The van der Waals surface area contributed by atoms with Gasteiger partial charge in [0.2, 0.25) is 0 Å². The monoisotopic (exact) mass is 317 g/mol. The summed E-state index contributed by atoms with van der Waals surface area (Å²) in [5, 5.41) is 0. The normalized spacial score (nSPS) is 11.9. The van der Waals surface area contributed by atoms with E-state index in [-0.39, 0.29) is 3.57 Å². The standard InChI is InChI=1S/C8H7F3INO/c1-4-7(12)5(8(9,10)11)3-6(14)13(4)2/h3H,1-2H3. The highest BCUT2D eigenvalue weighted by Gasteiger charge is 2.34. The zero-order valence-corrected chi connectivity index (χ0v) is 9.60. The van der Waals surface area contributed by atoms with Crippen LogP contribution in [0, 0.1) is 10.5 Å². The molecule has 1 rings (SSSR count). The number of aromatic nitrogens is 1. The molecule has 78 valence electrons. The Morgan fingerprint density at radius 3 is 2.36 bits per heavy atom. The molecule has 1 aromatic heterocycles. The molecular weight excluding hydrogens is 310 g/mol. The maximum Gasteiger partial charge on any atom is 0.417 e. The Bertz CT molecular complexity index is 422. The summed E-state index contributed by atoms with van der Waals surface area (Å²) in [6.07, 6.45) is -4.46. The quantitative estimate of drug-likeness (QED) is 0.673. The Kier molecular flexibility index (Phi) is 2.93. The van der Waals surface area contributed by atoms with E-state index in [1.54, 1.807) is 22.6 Å². The Morgan fingerprint density at radius 1 is 1.43 bits per heavy atom. The molecule has 1 aromatic rings. The van der Waals surface area contributed by atoms with Crippen molar-refractivity contribution in [1.29, 1.82) is 0 Å². The summed E-state index contributed by atoms with van der Waals surface area (Å²) in [5.74, 6) is 0. The summed E-state index contributed by atoms with van der Waals surface area (Å²) in [6, 6.07) is 0.620. The first-order valence-corrected chi connectivity index (χ1v) is 4.76. The van der Waals surface area contributed by atoms with Crippen LogP contribution in [0.4, 0.5) is 13.2 Å². The Labute approximate surface area is 91.9 Å². The maximum absolute atomic E-state index is 12.4. The molecule has 0 unspecified atom stereocenters. The van der Waals surface area contributed by atoms with Crippen LogP contribution < -0.4 is 5.56 Å². The number of halogens is 4. The van der Waals surface area contributed by atoms with Gasteiger partial charge in [-0.1, -0.05) is 0 Å². The van der Waals surface area contributed by atoms with Crippen molar-refractivity contribution in [3.63, 3.8) is 0 Å². The van der Waals surface area contributed by atoms with Crippen molar-refractivity contribution in [1.82, 2.24) is 4.57 Å². The fourth-order valence-electron chi connectivity index (χ4n) is 0.997. The van der Waals surface area contributed by atoms with Crippen LogP contribution in [0.15, 0.2) is 10.9 Å². The fourth-order valence-corrected chi connectivity index (χ4v) is 1.82. The van der Waals surface area contributed by atoms with E-state index in [4.69, 9.17) is 0 Å². The number of rotatable bonds is 0. The topological polar surface area (TPSA) is 22.0 Å². The minimum absolute atomic E-state index is 0.0669. The first kappa shape index (κ1) is 11.5. The highest BCUT2D eigenvalue weighted by molar-refractivity contribution is 14.1. The molecule has 0 fully saturated rings. The maximum atomic E-state index is 12.4. The smallest absolute Gasteiger partial charge is 0.315 e. The molecule has 0 amide bonds. The van der Waals surface area contributed by atoms with E-state index < -0.39 is 17.3 Å². The lowest BCUT2D eigenvalue weighted by atomic mass is 10.2. The molecule has 0 atom stereocenters. The van der Waals surface area contributed by atoms with Gasteiger partial charge < -0.3 is 4.57 Å². The van der Waals surface area contributed by atoms with Crippen LogP contribution in [0.3, 0.4) is 0 Å². The lowest BCUT2D eigenvalue weighted by Gasteiger charge is -2.12. The van der Waals surface area contributed by atoms with Crippen molar-refractivity contribution in [3.8, 4) is 0 Å². The van der Waals surface area contributed by atoms with Gasteiger partial charge in [0, 0.05) is 22.4 Å². The highest BCUT2D eigenvalue weighted by atomic mass is 127. The van der Waals surface area contributed by atoms with Gasteiger partial charge in [0.1, 0.15) is 0 Å². The first-order valence-electron chi connectivity index (χ1n) is 3.68. The Morgan fingerprint density at radius 2 is 1.93 bits per heavy atom. The summed E-state index contributed by atoms with van der Waals surface area (Å²) in [4.78, 5) is 11.1. The number of nitrogens with zero attached hydrogens (tertiary/aromatic N) is 1. The lowest BCUT2D eigenvalue weighted by molar-refractivity contribution is -0.138. The van der Waals surface area contributed by atoms with E-state index in [0.29, 0.717) is 11.8 Å². The largest absolute Gasteiger partial charge is 0.417 e. The third-order valence-corrected chi connectivity index (χ3v) is 3.32.